The summed E-state index contributed by atoms with van der Waals surface area (Å²) < 4.78 is 0. The Kier molecular flexibility index (Phi) is 2.47. The lowest BCUT2D eigenvalue weighted by Crippen LogP contribution is -2.33. The summed E-state index contributed by atoms with van der Waals surface area (Å²) in [4.78, 5) is 0. The van der Waals surface area contributed by atoms with E-state index in [0.29, 0.717) is 7.92 Å². The minimum atomic E-state index is 0.354. The highest BCUT2D eigenvalue weighted by Gasteiger charge is 2.58. The SMILES string of the molecule is CCP(C12CCC(CC1)C2)C12CCC(CC1)C2. The largest absolute Gasteiger partial charge is 0.0942 e. The molecule has 4 rings (SSSR count). The van der Waals surface area contributed by atoms with Crippen LogP contribution in [0.3, 0.4) is 0 Å². The third-order valence-electron chi connectivity index (χ3n) is 6.87. The second kappa shape index (κ2) is 3.72. The van der Waals surface area contributed by atoms with Crippen LogP contribution in [0.25, 0.3) is 0 Å². The smallest absolute Gasteiger partial charge is 0.00867 e. The highest BCUT2D eigenvalue weighted by atomic mass is 31.1. The molecule has 4 fully saturated rings. The van der Waals surface area contributed by atoms with E-state index in [1.807, 2.05) is 0 Å². The van der Waals surface area contributed by atoms with Crippen molar-refractivity contribution in [2.75, 3.05) is 6.16 Å². The van der Waals surface area contributed by atoms with Gasteiger partial charge in [0.05, 0.1) is 0 Å². The molecule has 96 valence electrons. The molecule has 0 spiro atoms. The zero-order valence-corrected chi connectivity index (χ0v) is 12.3. The van der Waals surface area contributed by atoms with Gasteiger partial charge in [-0.2, -0.15) is 0 Å². The van der Waals surface area contributed by atoms with Crippen molar-refractivity contribution in [3.05, 3.63) is 0 Å². The average Bonchev–Trinajstić information content (AvgIpc) is 3.09. The lowest BCUT2D eigenvalue weighted by Gasteiger charge is -2.47. The van der Waals surface area contributed by atoms with Crippen molar-refractivity contribution >= 4 is 7.92 Å². The molecule has 4 bridgehead atoms. The predicted molar refractivity (Wildman–Crippen MR) is 76.1 cm³/mol. The Morgan fingerprint density at radius 3 is 1.47 bits per heavy atom. The molecule has 0 aliphatic heterocycles. The molecule has 0 aromatic heterocycles. The Balaban J connectivity index is 1.66. The lowest BCUT2D eigenvalue weighted by molar-refractivity contribution is 0.473. The molecule has 4 aliphatic carbocycles. The van der Waals surface area contributed by atoms with E-state index in [0.717, 1.165) is 22.1 Å². The van der Waals surface area contributed by atoms with Gasteiger partial charge in [0.1, 0.15) is 0 Å². The van der Waals surface area contributed by atoms with E-state index < -0.39 is 0 Å². The predicted octanol–water partition coefficient (Wildman–Crippen LogP) is 5.15. The molecule has 17 heavy (non-hydrogen) atoms. The summed E-state index contributed by atoms with van der Waals surface area (Å²) in [5.41, 5.74) is 0. The van der Waals surface area contributed by atoms with Crippen LogP contribution in [-0.2, 0) is 0 Å². The van der Waals surface area contributed by atoms with Crippen LogP contribution in [0.15, 0.2) is 0 Å². The topological polar surface area (TPSA) is 0 Å². The fourth-order valence-electron chi connectivity index (χ4n) is 6.26. The summed E-state index contributed by atoms with van der Waals surface area (Å²) in [6.07, 6.45) is 17.8. The maximum atomic E-state index is 2.53. The minimum absolute atomic E-state index is 0.354. The van der Waals surface area contributed by atoms with Crippen LogP contribution in [0.4, 0.5) is 0 Å². The number of fused-ring (bicyclic) bond motifs is 4. The van der Waals surface area contributed by atoms with E-state index in [9.17, 15) is 0 Å². The van der Waals surface area contributed by atoms with Crippen molar-refractivity contribution in [2.24, 2.45) is 11.8 Å². The van der Waals surface area contributed by atoms with Gasteiger partial charge in [-0.1, -0.05) is 14.8 Å². The van der Waals surface area contributed by atoms with E-state index in [1.165, 1.54) is 0 Å². The van der Waals surface area contributed by atoms with Crippen molar-refractivity contribution in [1.29, 1.82) is 0 Å². The molecule has 0 amide bonds. The first-order valence-corrected chi connectivity index (χ1v) is 9.57. The monoisotopic (exact) mass is 250 g/mol. The summed E-state index contributed by atoms with van der Waals surface area (Å²) in [7, 11) is 0.354. The van der Waals surface area contributed by atoms with Crippen LogP contribution in [0.1, 0.15) is 71.1 Å². The minimum Gasteiger partial charge on any atom is -0.0942 e. The Labute approximate surface area is 108 Å². The molecule has 0 aromatic carbocycles. The van der Waals surface area contributed by atoms with Crippen molar-refractivity contribution < 1.29 is 0 Å². The summed E-state index contributed by atoms with van der Waals surface area (Å²) >= 11 is 0. The zero-order valence-electron chi connectivity index (χ0n) is 11.4. The number of rotatable bonds is 3. The van der Waals surface area contributed by atoms with Gasteiger partial charge in [-0.05, 0) is 92.5 Å². The van der Waals surface area contributed by atoms with Gasteiger partial charge in [0.15, 0.2) is 0 Å². The van der Waals surface area contributed by atoms with Gasteiger partial charge < -0.3 is 0 Å². The summed E-state index contributed by atoms with van der Waals surface area (Å²) in [5, 5.41) is 1.79. The molecular formula is C16H27P. The quantitative estimate of drug-likeness (QED) is 0.607. The molecular weight excluding hydrogens is 223 g/mol. The van der Waals surface area contributed by atoms with Crippen LogP contribution >= 0.6 is 7.92 Å². The maximum Gasteiger partial charge on any atom is -0.00867 e. The molecule has 4 aliphatic rings. The first-order valence-electron chi connectivity index (χ1n) is 8.04. The third-order valence-corrected chi connectivity index (χ3v) is 11.1. The number of hydrogen-bond donors (Lipinski definition) is 0. The molecule has 0 nitrogen and oxygen atoms in total. The normalized spacial score (nSPS) is 53.5. The molecule has 4 saturated carbocycles. The van der Waals surface area contributed by atoms with E-state index in [4.69, 9.17) is 0 Å². The van der Waals surface area contributed by atoms with Gasteiger partial charge in [-0.15, -0.1) is 0 Å². The Morgan fingerprint density at radius 1 is 0.824 bits per heavy atom. The average molecular weight is 250 g/mol. The molecule has 1 heteroatoms. The van der Waals surface area contributed by atoms with Crippen molar-refractivity contribution in [1.82, 2.24) is 0 Å². The van der Waals surface area contributed by atoms with Gasteiger partial charge in [0, 0.05) is 0 Å². The highest BCUT2D eigenvalue weighted by molar-refractivity contribution is 7.61. The van der Waals surface area contributed by atoms with Crippen LogP contribution in [0, 0.1) is 11.8 Å². The summed E-state index contributed by atoms with van der Waals surface area (Å²) in [5.74, 6) is 2.31. The first-order chi connectivity index (χ1) is 8.26. The molecule has 0 aromatic rings. The number of hydrogen-bond acceptors (Lipinski definition) is 0. The Morgan fingerprint density at radius 2 is 1.24 bits per heavy atom. The van der Waals surface area contributed by atoms with Gasteiger partial charge in [-0.3, -0.25) is 0 Å². The van der Waals surface area contributed by atoms with E-state index in [-0.39, 0.29) is 0 Å². The first kappa shape index (κ1) is 11.3. The standard InChI is InChI=1S/C16H27P/c1-2-17(15-7-3-13(11-15)4-8-15)16-9-5-14(12-16)6-10-16/h13-14H,2-12H2,1H3. The molecule has 0 N–H and O–H groups in total. The molecule has 0 heterocycles. The molecule has 0 atom stereocenters. The van der Waals surface area contributed by atoms with E-state index >= 15 is 0 Å². The van der Waals surface area contributed by atoms with Crippen LogP contribution in [-0.4, -0.2) is 16.5 Å². The van der Waals surface area contributed by atoms with E-state index in [2.05, 4.69) is 6.92 Å². The van der Waals surface area contributed by atoms with Crippen molar-refractivity contribution in [3.8, 4) is 0 Å². The zero-order chi connectivity index (χ0) is 11.5. The van der Waals surface area contributed by atoms with Crippen molar-refractivity contribution in [3.63, 3.8) is 0 Å². The fraction of sp³-hybridized carbons (Fsp3) is 1.00. The summed E-state index contributed by atoms with van der Waals surface area (Å²) in [6, 6.07) is 0. The van der Waals surface area contributed by atoms with Crippen molar-refractivity contribution in [2.45, 2.75) is 81.4 Å². The van der Waals surface area contributed by atoms with E-state index in [1.54, 1.807) is 70.4 Å². The third kappa shape index (κ3) is 1.46. The Bertz CT molecular complexity index is 275. The fourth-order valence-corrected chi connectivity index (χ4v) is 11.2. The summed E-state index contributed by atoms with van der Waals surface area (Å²) in [6.45, 7) is 2.53. The molecule has 0 unspecified atom stereocenters. The molecule has 0 saturated heterocycles. The molecule has 0 radical (unpaired) electrons. The second-order valence-corrected chi connectivity index (χ2v) is 10.9. The Hall–Kier alpha value is 0.430. The van der Waals surface area contributed by atoms with Gasteiger partial charge in [-0.25, -0.2) is 0 Å². The van der Waals surface area contributed by atoms with Gasteiger partial charge in [0.2, 0.25) is 0 Å². The lowest BCUT2D eigenvalue weighted by atomic mass is 9.99. The van der Waals surface area contributed by atoms with Gasteiger partial charge in [0.25, 0.3) is 0 Å². The van der Waals surface area contributed by atoms with Crippen LogP contribution in [0.5, 0.6) is 0 Å². The van der Waals surface area contributed by atoms with Crippen LogP contribution < -0.4 is 0 Å². The van der Waals surface area contributed by atoms with Crippen LogP contribution in [0.2, 0.25) is 0 Å². The highest BCUT2D eigenvalue weighted by Crippen LogP contribution is 2.77. The second-order valence-electron chi connectivity index (χ2n) is 7.49. The van der Waals surface area contributed by atoms with Gasteiger partial charge >= 0.3 is 0 Å². The maximum absolute atomic E-state index is 2.53.